The maximum Gasteiger partial charge on any atom is 0.262 e. The van der Waals surface area contributed by atoms with Gasteiger partial charge < -0.3 is 19.8 Å². The maximum atomic E-state index is 12.7. The van der Waals surface area contributed by atoms with E-state index in [0.717, 1.165) is 0 Å². The summed E-state index contributed by atoms with van der Waals surface area (Å²) in [6.07, 6.45) is 0. The quantitative estimate of drug-likeness (QED) is 0.281. The number of aromatic nitrogens is 2. The van der Waals surface area contributed by atoms with Crippen LogP contribution >= 0.6 is 11.6 Å². The van der Waals surface area contributed by atoms with E-state index < -0.39 is 15.9 Å². The first kappa shape index (κ1) is 26.7. The first-order chi connectivity index (χ1) is 18.1. The second-order valence-corrected chi connectivity index (χ2v) is 10.2. The number of carbonyl (C=O) groups is 1. The standard InChI is InChI=1S/C26H23ClN4O6S/c1-16-12-24(32)30-26(28-16)17-4-3-5-19(13-17)29-25(33)15-37-23-11-10-21(14-22(23)27)38(34,35)31-18-6-8-20(36-2)9-7-18/h3-14,31H,15H2,1-2H3,(H,29,33)(H,28,30,32). The van der Waals surface area contributed by atoms with E-state index in [1.165, 1.54) is 31.4 Å². The van der Waals surface area contributed by atoms with E-state index in [2.05, 4.69) is 20.0 Å². The Labute approximate surface area is 223 Å². The number of carbonyl (C=O) groups excluding carboxylic acids is 1. The van der Waals surface area contributed by atoms with Crippen LogP contribution in [0.1, 0.15) is 5.69 Å². The Morgan fingerprint density at radius 1 is 1.03 bits per heavy atom. The van der Waals surface area contributed by atoms with Crippen molar-refractivity contribution in [3.63, 3.8) is 0 Å². The Kier molecular flexibility index (Phi) is 7.99. The van der Waals surface area contributed by atoms with Crippen LogP contribution in [0.4, 0.5) is 11.4 Å². The number of sulfonamides is 1. The minimum Gasteiger partial charge on any atom is -0.497 e. The number of amides is 1. The smallest absolute Gasteiger partial charge is 0.262 e. The third kappa shape index (κ3) is 6.69. The van der Waals surface area contributed by atoms with Gasteiger partial charge in [-0.3, -0.25) is 14.3 Å². The fourth-order valence-corrected chi connectivity index (χ4v) is 4.82. The van der Waals surface area contributed by atoms with Gasteiger partial charge >= 0.3 is 0 Å². The lowest BCUT2D eigenvalue weighted by molar-refractivity contribution is -0.118. The van der Waals surface area contributed by atoms with Crippen LogP contribution in [0.2, 0.25) is 5.02 Å². The summed E-state index contributed by atoms with van der Waals surface area (Å²) in [5.74, 6) is 0.641. The molecule has 4 rings (SSSR count). The van der Waals surface area contributed by atoms with Crippen LogP contribution in [0.25, 0.3) is 11.4 Å². The molecular formula is C26H23ClN4O6S. The molecule has 1 amide bonds. The summed E-state index contributed by atoms with van der Waals surface area (Å²) in [6, 6.07) is 18.5. The van der Waals surface area contributed by atoms with Gasteiger partial charge in [0.25, 0.3) is 21.5 Å². The number of nitrogens with zero attached hydrogens (tertiary/aromatic N) is 1. The van der Waals surface area contributed by atoms with Gasteiger partial charge in [0, 0.05) is 28.7 Å². The molecule has 12 heteroatoms. The zero-order valence-electron chi connectivity index (χ0n) is 20.3. The predicted molar refractivity (Wildman–Crippen MR) is 144 cm³/mol. The van der Waals surface area contributed by atoms with E-state index in [1.807, 2.05) is 0 Å². The zero-order valence-corrected chi connectivity index (χ0v) is 21.9. The second kappa shape index (κ2) is 11.4. The average molecular weight is 555 g/mol. The van der Waals surface area contributed by atoms with E-state index in [4.69, 9.17) is 21.1 Å². The number of methoxy groups -OCH3 is 1. The Hall–Kier alpha value is -4.35. The first-order valence-electron chi connectivity index (χ1n) is 11.2. The lowest BCUT2D eigenvalue weighted by atomic mass is 10.2. The molecule has 0 spiro atoms. The van der Waals surface area contributed by atoms with Crippen LogP contribution in [0.15, 0.2) is 82.5 Å². The summed E-state index contributed by atoms with van der Waals surface area (Å²) in [7, 11) is -2.40. The van der Waals surface area contributed by atoms with Gasteiger partial charge in [-0.15, -0.1) is 0 Å². The highest BCUT2D eigenvalue weighted by molar-refractivity contribution is 7.92. The minimum absolute atomic E-state index is 0.0203. The normalized spacial score (nSPS) is 11.0. The van der Waals surface area contributed by atoms with Crippen LogP contribution in [0.5, 0.6) is 11.5 Å². The van der Waals surface area contributed by atoms with Crippen molar-refractivity contribution in [1.29, 1.82) is 0 Å². The molecule has 0 radical (unpaired) electrons. The first-order valence-corrected chi connectivity index (χ1v) is 13.1. The molecule has 0 aliphatic rings. The van der Waals surface area contributed by atoms with Gasteiger partial charge in [0.15, 0.2) is 6.61 Å². The van der Waals surface area contributed by atoms with Gasteiger partial charge in [-0.2, -0.15) is 0 Å². The molecule has 0 bridgehead atoms. The summed E-state index contributed by atoms with van der Waals surface area (Å²) in [5, 5.41) is 2.72. The van der Waals surface area contributed by atoms with Crippen molar-refractivity contribution in [2.24, 2.45) is 0 Å². The number of halogens is 1. The summed E-state index contributed by atoms with van der Waals surface area (Å²) < 4.78 is 38.5. The number of benzene rings is 3. The van der Waals surface area contributed by atoms with E-state index in [0.29, 0.717) is 34.2 Å². The highest BCUT2D eigenvalue weighted by Crippen LogP contribution is 2.29. The van der Waals surface area contributed by atoms with Crippen molar-refractivity contribution in [3.05, 3.63) is 93.9 Å². The number of ether oxygens (including phenoxy) is 2. The van der Waals surface area contributed by atoms with E-state index >= 15 is 0 Å². The molecule has 0 aliphatic carbocycles. The van der Waals surface area contributed by atoms with Crippen molar-refractivity contribution in [1.82, 2.24) is 9.97 Å². The van der Waals surface area contributed by atoms with Crippen LogP contribution < -0.4 is 25.1 Å². The fourth-order valence-electron chi connectivity index (χ4n) is 3.44. The molecular weight excluding hydrogens is 532 g/mol. The van der Waals surface area contributed by atoms with E-state index in [-0.39, 0.29) is 27.8 Å². The highest BCUT2D eigenvalue weighted by atomic mass is 35.5. The van der Waals surface area contributed by atoms with E-state index in [1.54, 1.807) is 55.5 Å². The Balaban J connectivity index is 1.38. The van der Waals surface area contributed by atoms with Gasteiger partial charge in [-0.25, -0.2) is 13.4 Å². The molecule has 3 N–H and O–H groups in total. The monoisotopic (exact) mass is 554 g/mol. The molecule has 196 valence electrons. The number of hydrogen-bond donors (Lipinski definition) is 3. The zero-order chi connectivity index (χ0) is 27.3. The Bertz CT molecular complexity index is 1640. The molecule has 0 aliphatic heterocycles. The summed E-state index contributed by atoms with van der Waals surface area (Å²) >= 11 is 6.23. The second-order valence-electron chi connectivity index (χ2n) is 8.08. The van der Waals surface area contributed by atoms with Gasteiger partial charge in [0.2, 0.25) is 0 Å². The molecule has 0 unspecified atom stereocenters. The van der Waals surface area contributed by atoms with Crippen LogP contribution in [-0.2, 0) is 14.8 Å². The van der Waals surface area contributed by atoms with Gasteiger partial charge in [-0.05, 0) is 61.5 Å². The lowest BCUT2D eigenvalue weighted by Gasteiger charge is -2.12. The van der Waals surface area contributed by atoms with Crippen molar-refractivity contribution >= 4 is 38.9 Å². The van der Waals surface area contributed by atoms with Crippen molar-refractivity contribution in [3.8, 4) is 22.9 Å². The molecule has 0 saturated carbocycles. The molecule has 0 atom stereocenters. The molecule has 10 nitrogen and oxygen atoms in total. The lowest BCUT2D eigenvalue weighted by Crippen LogP contribution is -2.20. The third-order valence-corrected chi connectivity index (χ3v) is 6.88. The van der Waals surface area contributed by atoms with Gasteiger partial charge in [0.1, 0.15) is 17.3 Å². The molecule has 4 aromatic rings. The van der Waals surface area contributed by atoms with Crippen LogP contribution in [0.3, 0.4) is 0 Å². The Morgan fingerprint density at radius 2 is 1.79 bits per heavy atom. The largest absolute Gasteiger partial charge is 0.497 e. The van der Waals surface area contributed by atoms with Crippen LogP contribution in [-0.4, -0.2) is 38.0 Å². The minimum atomic E-state index is -3.91. The number of aryl methyl sites for hydroxylation is 1. The van der Waals surface area contributed by atoms with Crippen molar-refractivity contribution in [2.45, 2.75) is 11.8 Å². The summed E-state index contributed by atoms with van der Waals surface area (Å²) in [5.41, 5.74) is 1.74. The number of nitrogens with one attached hydrogen (secondary N) is 3. The van der Waals surface area contributed by atoms with Crippen LogP contribution in [0, 0.1) is 6.92 Å². The van der Waals surface area contributed by atoms with Gasteiger partial charge in [0.05, 0.1) is 17.0 Å². The van der Waals surface area contributed by atoms with Crippen molar-refractivity contribution in [2.75, 3.05) is 23.8 Å². The average Bonchev–Trinajstić information content (AvgIpc) is 2.88. The van der Waals surface area contributed by atoms with Gasteiger partial charge in [-0.1, -0.05) is 23.7 Å². The summed E-state index contributed by atoms with van der Waals surface area (Å²) in [4.78, 5) is 31.1. The number of anilines is 2. The molecule has 38 heavy (non-hydrogen) atoms. The molecule has 1 heterocycles. The molecule has 1 aromatic heterocycles. The fraction of sp³-hybridized carbons (Fsp3) is 0.115. The number of rotatable bonds is 9. The van der Waals surface area contributed by atoms with E-state index in [9.17, 15) is 18.0 Å². The number of hydrogen-bond acceptors (Lipinski definition) is 7. The SMILES string of the molecule is COc1ccc(NS(=O)(=O)c2ccc(OCC(=O)Nc3cccc(-c4nc(C)cc(=O)[nH]4)c3)c(Cl)c2)cc1. The maximum absolute atomic E-state index is 12.7. The number of aromatic amines is 1. The topological polar surface area (TPSA) is 139 Å². The number of H-pyrrole nitrogens is 1. The molecule has 3 aromatic carbocycles. The third-order valence-electron chi connectivity index (χ3n) is 5.20. The summed E-state index contributed by atoms with van der Waals surface area (Å²) in [6.45, 7) is 1.34. The molecule has 0 saturated heterocycles. The Morgan fingerprint density at radius 3 is 2.47 bits per heavy atom. The van der Waals surface area contributed by atoms with Crippen molar-refractivity contribution < 1.29 is 22.7 Å². The predicted octanol–water partition coefficient (Wildman–Crippen LogP) is 4.23. The molecule has 0 fully saturated rings. The highest BCUT2D eigenvalue weighted by Gasteiger charge is 2.17.